The molecule has 3 rings (SSSR count). The summed E-state index contributed by atoms with van der Waals surface area (Å²) in [5, 5.41) is 6.94. The number of nitrogens with zero attached hydrogens (tertiary/aromatic N) is 2. The van der Waals surface area contributed by atoms with E-state index < -0.39 is 0 Å². The highest BCUT2D eigenvalue weighted by atomic mass is 16.5. The summed E-state index contributed by atoms with van der Waals surface area (Å²) in [6, 6.07) is 7.72. The van der Waals surface area contributed by atoms with Crippen LogP contribution in [0.3, 0.4) is 0 Å². The van der Waals surface area contributed by atoms with E-state index in [9.17, 15) is 4.79 Å². The minimum absolute atomic E-state index is 0.0405. The van der Waals surface area contributed by atoms with Gasteiger partial charge in [0.25, 0.3) is 5.89 Å². The van der Waals surface area contributed by atoms with Crippen molar-refractivity contribution in [2.24, 2.45) is 11.3 Å². The number of benzene rings is 1. The maximum atomic E-state index is 12.1. The molecule has 0 spiro atoms. The Balaban J connectivity index is 1.54. The van der Waals surface area contributed by atoms with E-state index in [4.69, 9.17) is 4.52 Å². The smallest absolute Gasteiger partial charge is 0.257 e. The van der Waals surface area contributed by atoms with E-state index in [0.717, 1.165) is 24.1 Å². The van der Waals surface area contributed by atoms with Crippen LogP contribution in [0.15, 0.2) is 34.9 Å². The number of carbonyl (C=O) groups is 1. The first kappa shape index (κ1) is 18.4. The molecule has 1 heterocycles. The standard InChI is InChI=1S/C21H27N3O2/c1-4-18-23-20(26-24-18)16-10-7-15(8-11-16)9-12-19(25)22-14-17-6-5-13-21(17,2)3/h7-12,17H,4-6,13-14H2,1-3H3,(H,22,25). The second-order valence-corrected chi connectivity index (χ2v) is 7.65. The third kappa shape index (κ3) is 4.40. The molecule has 0 aliphatic heterocycles. The third-order valence-electron chi connectivity index (χ3n) is 5.37. The SMILES string of the molecule is CCc1noc(-c2ccc(C=CC(=O)NCC3CCCC3(C)C)cc2)n1. The van der Waals surface area contributed by atoms with Crippen LogP contribution in [0, 0.1) is 11.3 Å². The van der Waals surface area contributed by atoms with Gasteiger partial charge in [0.15, 0.2) is 5.82 Å². The molecule has 1 fully saturated rings. The maximum Gasteiger partial charge on any atom is 0.257 e. The maximum absolute atomic E-state index is 12.1. The number of amides is 1. The van der Waals surface area contributed by atoms with Gasteiger partial charge in [-0.3, -0.25) is 4.79 Å². The van der Waals surface area contributed by atoms with Crippen LogP contribution >= 0.6 is 0 Å². The summed E-state index contributed by atoms with van der Waals surface area (Å²) in [5.41, 5.74) is 2.17. The molecule has 2 aromatic rings. The molecule has 1 aliphatic carbocycles. The van der Waals surface area contributed by atoms with Crippen molar-refractivity contribution in [2.75, 3.05) is 6.54 Å². The Bertz CT molecular complexity index is 775. The van der Waals surface area contributed by atoms with E-state index in [1.807, 2.05) is 37.3 Å². The summed E-state index contributed by atoms with van der Waals surface area (Å²) in [6.07, 6.45) is 7.87. The molecule has 1 aromatic heterocycles. The second kappa shape index (κ2) is 7.85. The molecule has 1 saturated carbocycles. The number of aryl methyl sites for hydroxylation is 1. The second-order valence-electron chi connectivity index (χ2n) is 7.65. The number of aromatic nitrogens is 2. The Hall–Kier alpha value is -2.43. The van der Waals surface area contributed by atoms with Gasteiger partial charge in [0, 0.05) is 24.6 Å². The highest BCUT2D eigenvalue weighted by Gasteiger charge is 2.34. The lowest BCUT2D eigenvalue weighted by atomic mass is 9.82. The van der Waals surface area contributed by atoms with Gasteiger partial charge < -0.3 is 9.84 Å². The number of hydrogen-bond donors (Lipinski definition) is 1. The molecular weight excluding hydrogens is 326 g/mol. The van der Waals surface area contributed by atoms with Gasteiger partial charge in [0.05, 0.1) is 0 Å². The van der Waals surface area contributed by atoms with Crippen molar-refractivity contribution >= 4 is 12.0 Å². The van der Waals surface area contributed by atoms with Gasteiger partial charge in [-0.05, 0) is 47.9 Å². The van der Waals surface area contributed by atoms with Crippen molar-refractivity contribution in [3.8, 4) is 11.5 Å². The van der Waals surface area contributed by atoms with Crippen molar-refractivity contribution in [2.45, 2.75) is 46.5 Å². The first-order chi connectivity index (χ1) is 12.5. The molecule has 0 bridgehead atoms. The zero-order valence-electron chi connectivity index (χ0n) is 15.8. The Morgan fingerprint density at radius 2 is 2.12 bits per heavy atom. The van der Waals surface area contributed by atoms with Crippen LogP contribution in [0.1, 0.15) is 51.4 Å². The Morgan fingerprint density at radius 3 is 2.73 bits per heavy atom. The summed E-state index contributed by atoms with van der Waals surface area (Å²) < 4.78 is 5.23. The highest BCUT2D eigenvalue weighted by Crippen LogP contribution is 2.41. The van der Waals surface area contributed by atoms with Crippen molar-refractivity contribution in [3.05, 3.63) is 41.7 Å². The van der Waals surface area contributed by atoms with E-state index in [2.05, 4.69) is 29.3 Å². The van der Waals surface area contributed by atoms with Crippen LogP contribution in [0.5, 0.6) is 0 Å². The molecule has 1 aromatic carbocycles. The zero-order valence-corrected chi connectivity index (χ0v) is 15.8. The Labute approximate surface area is 154 Å². The summed E-state index contributed by atoms with van der Waals surface area (Å²) >= 11 is 0. The fourth-order valence-corrected chi connectivity index (χ4v) is 3.48. The molecule has 1 aliphatic rings. The average molecular weight is 353 g/mol. The van der Waals surface area contributed by atoms with Crippen LogP contribution in [-0.2, 0) is 11.2 Å². The molecule has 1 amide bonds. The molecule has 5 heteroatoms. The fourth-order valence-electron chi connectivity index (χ4n) is 3.48. The third-order valence-corrected chi connectivity index (χ3v) is 5.37. The molecule has 1 atom stereocenters. The predicted molar refractivity (Wildman–Crippen MR) is 102 cm³/mol. The van der Waals surface area contributed by atoms with Crippen LogP contribution in [-0.4, -0.2) is 22.6 Å². The van der Waals surface area contributed by atoms with E-state index in [0.29, 0.717) is 23.0 Å². The molecule has 1 unspecified atom stereocenters. The minimum Gasteiger partial charge on any atom is -0.352 e. The molecule has 5 nitrogen and oxygen atoms in total. The number of nitrogens with one attached hydrogen (secondary N) is 1. The number of rotatable bonds is 6. The lowest BCUT2D eigenvalue weighted by Gasteiger charge is -2.26. The summed E-state index contributed by atoms with van der Waals surface area (Å²) in [7, 11) is 0. The molecule has 0 radical (unpaired) electrons. The minimum atomic E-state index is -0.0405. The molecule has 0 saturated heterocycles. The van der Waals surface area contributed by atoms with Crippen molar-refractivity contribution in [3.63, 3.8) is 0 Å². The lowest BCUT2D eigenvalue weighted by Crippen LogP contribution is -2.32. The van der Waals surface area contributed by atoms with Crippen molar-refractivity contribution in [1.29, 1.82) is 0 Å². The van der Waals surface area contributed by atoms with Crippen LogP contribution in [0.25, 0.3) is 17.5 Å². The average Bonchev–Trinajstić information content (AvgIpc) is 3.24. The van der Waals surface area contributed by atoms with Crippen LogP contribution < -0.4 is 5.32 Å². The zero-order chi connectivity index (χ0) is 18.6. The summed E-state index contributed by atoms with van der Waals surface area (Å²) in [6.45, 7) is 7.33. The molecular formula is C21H27N3O2. The van der Waals surface area contributed by atoms with Gasteiger partial charge >= 0.3 is 0 Å². The summed E-state index contributed by atoms with van der Waals surface area (Å²) in [5.74, 6) is 1.75. The van der Waals surface area contributed by atoms with E-state index >= 15 is 0 Å². The van der Waals surface area contributed by atoms with Crippen molar-refractivity contribution < 1.29 is 9.32 Å². The Morgan fingerprint density at radius 1 is 1.35 bits per heavy atom. The quantitative estimate of drug-likeness (QED) is 0.788. The van der Waals surface area contributed by atoms with Crippen LogP contribution in [0.4, 0.5) is 0 Å². The van der Waals surface area contributed by atoms with Crippen molar-refractivity contribution in [1.82, 2.24) is 15.5 Å². The topological polar surface area (TPSA) is 68.0 Å². The Kier molecular flexibility index (Phi) is 5.55. The van der Waals surface area contributed by atoms with Crippen LogP contribution in [0.2, 0.25) is 0 Å². The van der Waals surface area contributed by atoms with Gasteiger partial charge in [-0.15, -0.1) is 0 Å². The summed E-state index contributed by atoms with van der Waals surface area (Å²) in [4.78, 5) is 16.4. The molecule has 138 valence electrons. The first-order valence-electron chi connectivity index (χ1n) is 9.37. The van der Waals surface area contributed by atoms with Gasteiger partial charge in [0.1, 0.15) is 0 Å². The number of carbonyl (C=O) groups excluding carboxylic acids is 1. The molecule has 1 N–H and O–H groups in total. The van der Waals surface area contributed by atoms with E-state index in [-0.39, 0.29) is 5.91 Å². The monoisotopic (exact) mass is 353 g/mol. The lowest BCUT2D eigenvalue weighted by molar-refractivity contribution is -0.116. The van der Waals surface area contributed by atoms with Gasteiger partial charge in [-0.2, -0.15) is 4.98 Å². The van der Waals surface area contributed by atoms with E-state index in [1.54, 1.807) is 6.08 Å². The fraction of sp³-hybridized carbons (Fsp3) is 0.476. The number of hydrogen-bond acceptors (Lipinski definition) is 4. The normalized spacial score (nSPS) is 19.1. The predicted octanol–water partition coefficient (Wildman–Crippen LogP) is 4.25. The first-order valence-corrected chi connectivity index (χ1v) is 9.37. The van der Waals surface area contributed by atoms with Gasteiger partial charge in [-0.1, -0.05) is 44.5 Å². The molecule has 26 heavy (non-hydrogen) atoms. The van der Waals surface area contributed by atoms with E-state index in [1.165, 1.54) is 19.3 Å². The van der Waals surface area contributed by atoms with Gasteiger partial charge in [-0.25, -0.2) is 0 Å². The highest BCUT2D eigenvalue weighted by molar-refractivity contribution is 5.91. The van der Waals surface area contributed by atoms with Gasteiger partial charge in [0.2, 0.25) is 5.91 Å². The largest absolute Gasteiger partial charge is 0.352 e.